The number of hydrogen-bond acceptors (Lipinski definition) is 7. The van der Waals surface area contributed by atoms with E-state index in [0.29, 0.717) is 13.2 Å². The minimum atomic E-state index is -4.27. The highest BCUT2D eigenvalue weighted by atomic mass is 32.2. The van der Waals surface area contributed by atoms with Gasteiger partial charge < -0.3 is 18.8 Å². The summed E-state index contributed by atoms with van der Waals surface area (Å²) in [6.07, 6.45) is 27.8. The van der Waals surface area contributed by atoms with Crippen molar-refractivity contribution in [2.45, 2.75) is 160 Å². The molecule has 1 aliphatic rings. The van der Waals surface area contributed by atoms with Crippen LogP contribution in [-0.4, -0.2) is 45.2 Å². The lowest BCUT2D eigenvalue weighted by Crippen LogP contribution is -2.29. The van der Waals surface area contributed by atoms with Crippen LogP contribution in [0.4, 0.5) is 0 Å². The molecule has 0 N–H and O–H groups in total. The highest BCUT2D eigenvalue weighted by Gasteiger charge is 2.25. The largest absolute Gasteiger partial charge is 0.744 e. The van der Waals surface area contributed by atoms with Crippen molar-refractivity contribution >= 4 is 21.5 Å². The van der Waals surface area contributed by atoms with Crippen LogP contribution in [0.15, 0.2) is 46.2 Å². The van der Waals surface area contributed by atoms with Crippen LogP contribution in [0.3, 0.4) is 0 Å². The van der Waals surface area contributed by atoms with Crippen LogP contribution in [0, 0.1) is 6.92 Å². The normalized spacial score (nSPS) is 16.5. The van der Waals surface area contributed by atoms with Gasteiger partial charge in [0.2, 0.25) is 5.51 Å². The van der Waals surface area contributed by atoms with E-state index in [-0.39, 0.29) is 17.3 Å². The molecule has 258 valence electrons. The fraction of sp³-hybridized carbons (Fsp3) is 0.750. The van der Waals surface area contributed by atoms with Crippen LogP contribution in [0.25, 0.3) is 0 Å². The standard InChI is InChI=1S/C29H54NO3S.C7H8O3S/c1-2-3-4-5-6-7-8-9-10-11-12-14-17-20-29-32-26-28(33-29)25-31-23-19-16-13-15-18-21-30-22-24-34-27-30;1-6-2-4-7(5-3-6)11(8,9)10/h22,24,27-29H,2-21,23,25-26H2,1H3;2-5H,1H3,(H,8,9,10)/q+1;/p-1/t28-,29-;/m0./s1. The molecule has 2 heterocycles. The molecule has 45 heavy (non-hydrogen) atoms. The van der Waals surface area contributed by atoms with Gasteiger partial charge in [-0.2, -0.15) is 4.57 Å². The maximum atomic E-state index is 10.4. The van der Waals surface area contributed by atoms with Gasteiger partial charge in [0.1, 0.15) is 22.8 Å². The minimum Gasteiger partial charge on any atom is -0.744 e. The number of rotatable bonds is 25. The Kier molecular flexibility index (Phi) is 22.7. The third-order valence-electron chi connectivity index (χ3n) is 8.20. The predicted octanol–water partition coefficient (Wildman–Crippen LogP) is 9.12. The maximum absolute atomic E-state index is 10.4. The molecule has 0 spiro atoms. The number of nitrogens with zero attached hydrogens (tertiary/aromatic N) is 1. The summed E-state index contributed by atoms with van der Waals surface area (Å²) in [5.41, 5.74) is 3.12. The topological polar surface area (TPSA) is 88.8 Å². The molecule has 2 atom stereocenters. The molecule has 7 nitrogen and oxygen atoms in total. The minimum absolute atomic E-state index is 0.00223. The van der Waals surface area contributed by atoms with E-state index in [1.54, 1.807) is 23.5 Å². The molecule has 1 aliphatic heterocycles. The molecule has 1 saturated heterocycles. The Morgan fingerprint density at radius 3 is 2.00 bits per heavy atom. The van der Waals surface area contributed by atoms with Gasteiger partial charge in [0, 0.05) is 13.0 Å². The summed E-state index contributed by atoms with van der Waals surface area (Å²) in [6, 6.07) is 5.78. The van der Waals surface area contributed by atoms with Crippen molar-refractivity contribution in [2.24, 2.45) is 0 Å². The van der Waals surface area contributed by atoms with E-state index in [1.807, 2.05) is 6.92 Å². The zero-order valence-electron chi connectivity index (χ0n) is 28.2. The molecule has 9 heteroatoms. The number of thiazole rings is 1. The van der Waals surface area contributed by atoms with Crippen molar-refractivity contribution in [1.82, 2.24) is 0 Å². The molecule has 0 aliphatic carbocycles. The van der Waals surface area contributed by atoms with E-state index in [2.05, 4.69) is 28.6 Å². The molecule has 1 aromatic heterocycles. The number of unbranched alkanes of at least 4 members (excludes halogenated alkanes) is 16. The quantitative estimate of drug-likeness (QED) is 0.0596. The average Bonchev–Trinajstić information content (AvgIpc) is 3.71. The molecular formula is C36H61NO6S2. The molecule has 0 amide bonds. The summed E-state index contributed by atoms with van der Waals surface area (Å²) in [7, 11) is -4.27. The lowest BCUT2D eigenvalue weighted by molar-refractivity contribution is -0.692. The smallest absolute Gasteiger partial charge is 0.224 e. The Hall–Kier alpha value is -1.36. The molecule has 1 aromatic carbocycles. The molecule has 0 saturated carbocycles. The first-order valence-electron chi connectivity index (χ1n) is 17.7. The predicted molar refractivity (Wildman–Crippen MR) is 182 cm³/mol. The van der Waals surface area contributed by atoms with E-state index < -0.39 is 10.1 Å². The summed E-state index contributed by atoms with van der Waals surface area (Å²) in [5.74, 6) is 0. The van der Waals surface area contributed by atoms with Gasteiger partial charge >= 0.3 is 0 Å². The van der Waals surface area contributed by atoms with Gasteiger partial charge in [-0.15, -0.1) is 0 Å². The first-order valence-corrected chi connectivity index (χ1v) is 20.0. The average molecular weight is 668 g/mol. The zero-order chi connectivity index (χ0) is 32.4. The van der Waals surface area contributed by atoms with E-state index in [9.17, 15) is 13.0 Å². The Morgan fingerprint density at radius 2 is 1.42 bits per heavy atom. The second kappa shape index (κ2) is 25.7. The van der Waals surface area contributed by atoms with Crippen molar-refractivity contribution in [3.63, 3.8) is 0 Å². The lowest BCUT2D eigenvalue weighted by Gasteiger charge is -2.12. The van der Waals surface area contributed by atoms with Crippen LogP contribution in [0.2, 0.25) is 0 Å². The van der Waals surface area contributed by atoms with Crippen LogP contribution in [0.1, 0.15) is 134 Å². The number of benzene rings is 1. The number of aryl methyl sites for hydroxylation is 2. The van der Waals surface area contributed by atoms with E-state index in [1.165, 1.54) is 121 Å². The van der Waals surface area contributed by atoms with Crippen LogP contribution in [0.5, 0.6) is 0 Å². The summed E-state index contributed by atoms with van der Waals surface area (Å²) in [5, 5.41) is 2.14. The van der Waals surface area contributed by atoms with Gasteiger partial charge in [0.15, 0.2) is 12.5 Å². The molecule has 0 unspecified atom stereocenters. The second-order valence-corrected chi connectivity index (χ2v) is 14.6. The third-order valence-corrected chi connectivity index (χ3v) is 9.72. The molecule has 1 fully saturated rings. The SMILES string of the molecule is CCCCCCCCCCCCCCC[C@H]1OC[C@H](COCCCCCCC[n+]2ccsc2)O1.Cc1ccc(S(=O)(=O)[O-])cc1. The van der Waals surface area contributed by atoms with Crippen molar-refractivity contribution in [2.75, 3.05) is 19.8 Å². The first-order chi connectivity index (χ1) is 21.9. The van der Waals surface area contributed by atoms with Crippen molar-refractivity contribution in [3.05, 3.63) is 46.9 Å². The molecule has 0 radical (unpaired) electrons. The first kappa shape index (κ1) is 39.8. The third kappa shape index (κ3) is 21.2. The molecular weight excluding hydrogens is 607 g/mol. The monoisotopic (exact) mass is 667 g/mol. The van der Waals surface area contributed by atoms with Crippen LogP contribution < -0.4 is 4.57 Å². The van der Waals surface area contributed by atoms with E-state index in [0.717, 1.165) is 31.6 Å². The lowest BCUT2D eigenvalue weighted by atomic mass is 10.0. The van der Waals surface area contributed by atoms with Crippen molar-refractivity contribution in [3.8, 4) is 0 Å². The van der Waals surface area contributed by atoms with E-state index in [4.69, 9.17) is 14.2 Å². The fourth-order valence-electron chi connectivity index (χ4n) is 5.41. The highest BCUT2D eigenvalue weighted by molar-refractivity contribution is 7.85. The van der Waals surface area contributed by atoms with E-state index >= 15 is 0 Å². The van der Waals surface area contributed by atoms with Crippen molar-refractivity contribution in [1.29, 1.82) is 0 Å². The number of hydrogen-bond donors (Lipinski definition) is 0. The van der Waals surface area contributed by atoms with Crippen LogP contribution >= 0.6 is 11.3 Å². The second-order valence-electron chi connectivity index (χ2n) is 12.4. The summed E-state index contributed by atoms with van der Waals surface area (Å²) in [4.78, 5) is -0.178. The molecule has 2 aromatic rings. The fourth-order valence-corrected chi connectivity index (χ4v) is 6.51. The Balaban J connectivity index is 0.000000537. The Labute approximate surface area is 278 Å². The summed E-state index contributed by atoms with van der Waals surface area (Å²) >= 11 is 1.77. The molecule has 0 bridgehead atoms. The van der Waals surface area contributed by atoms with Crippen molar-refractivity contribution < 1.29 is 31.7 Å². The van der Waals surface area contributed by atoms with Gasteiger partial charge in [0.05, 0.1) is 23.5 Å². The Bertz CT molecular complexity index is 1050. The van der Waals surface area contributed by atoms with Gasteiger partial charge in [-0.3, -0.25) is 0 Å². The molecule has 3 rings (SSSR count). The number of ether oxygens (including phenoxy) is 3. The maximum Gasteiger partial charge on any atom is 0.224 e. The number of aromatic nitrogens is 1. The highest BCUT2D eigenvalue weighted by Crippen LogP contribution is 2.19. The van der Waals surface area contributed by atoms with Gasteiger partial charge in [0.25, 0.3) is 0 Å². The van der Waals surface area contributed by atoms with Crippen LogP contribution in [-0.2, 0) is 30.9 Å². The summed E-state index contributed by atoms with van der Waals surface area (Å²) in [6.45, 7) is 7.50. The van der Waals surface area contributed by atoms with Gasteiger partial charge in [-0.1, -0.05) is 126 Å². The van der Waals surface area contributed by atoms with Gasteiger partial charge in [-0.25, -0.2) is 8.42 Å². The Morgan fingerprint density at radius 1 is 0.844 bits per heavy atom. The summed E-state index contributed by atoms with van der Waals surface area (Å²) < 4.78 is 51.1. The van der Waals surface area contributed by atoms with Gasteiger partial charge in [-0.05, 0) is 44.7 Å². The zero-order valence-corrected chi connectivity index (χ0v) is 29.8.